The molecule has 0 aliphatic carbocycles. The third-order valence-electron chi connectivity index (χ3n) is 3.60. The summed E-state index contributed by atoms with van der Waals surface area (Å²) in [6, 6.07) is 3.55. The van der Waals surface area contributed by atoms with E-state index in [2.05, 4.69) is 15.4 Å². The van der Waals surface area contributed by atoms with Crippen LogP contribution >= 0.6 is 11.6 Å². The van der Waals surface area contributed by atoms with Crippen molar-refractivity contribution in [1.82, 2.24) is 20.1 Å². The van der Waals surface area contributed by atoms with Crippen LogP contribution in [0.5, 0.6) is 5.75 Å². The molecule has 9 heteroatoms. The average molecular weight is 379 g/mol. The Bertz CT molecular complexity index is 924. The van der Waals surface area contributed by atoms with Gasteiger partial charge in [0.1, 0.15) is 17.8 Å². The smallest absolute Gasteiger partial charge is 0.273 e. The molecule has 0 bridgehead atoms. The van der Waals surface area contributed by atoms with E-state index in [1.807, 2.05) is 13.1 Å². The monoisotopic (exact) mass is 378 g/mol. The molecule has 0 unspecified atom stereocenters. The first-order valence-corrected chi connectivity index (χ1v) is 8.12. The highest BCUT2D eigenvalue weighted by Gasteiger charge is 2.17. The van der Waals surface area contributed by atoms with Crippen LogP contribution in [0.25, 0.3) is 0 Å². The summed E-state index contributed by atoms with van der Waals surface area (Å²) in [6.07, 6.45) is 4.75. The number of nitrogens with one attached hydrogen (secondary N) is 1. The quantitative estimate of drug-likeness (QED) is 0.711. The highest BCUT2D eigenvalue weighted by atomic mass is 35.5. The van der Waals surface area contributed by atoms with Gasteiger partial charge in [-0.1, -0.05) is 11.6 Å². The highest BCUT2D eigenvalue weighted by molar-refractivity contribution is 6.32. The summed E-state index contributed by atoms with van der Waals surface area (Å²) in [6.45, 7) is 1.80. The van der Waals surface area contributed by atoms with Crippen molar-refractivity contribution < 1.29 is 18.3 Å². The van der Waals surface area contributed by atoms with Crippen molar-refractivity contribution in [2.75, 3.05) is 0 Å². The van der Waals surface area contributed by atoms with Gasteiger partial charge in [-0.3, -0.25) is 9.48 Å². The maximum Gasteiger partial charge on any atom is 0.273 e. The Morgan fingerprint density at radius 1 is 1.50 bits per heavy atom. The van der Waals surface area contributed by atoms with E-state index in [-0.39, 0.29) is 35.2 Å². The van der Waals surface area contributed by atoms with Crippen LogP contribution in [0, 0.1) is 5.82 Å². The fourth-order valence-electron chi connectivity index (χ4n) is 2.23. The molecular weight excluding hydrogens is 363 g/mol. The molecule has 1 atom stereocenters. The van der Waals surface area contributed by atoms with Gasteiger partial charge < -0.3 is 14.5 Å². The van der Waals surface area contributed by atoms with Crippen molar-refractivity contribution in [1.29, 1.82) is 0 Å². The maximum atomic E-state index is 13.0. The number of benzene rings is 1. The van der Waals surface area contributed by atoms with Gasteiger partial charge in [-0.15, -0.1) is 0 Å². The van der Waals surface area contributed by atoms with E-state index in [9.17, 15) is 9.18 Å². The maximum absolute atomic E-state index is 13.0. The Labute approximate surface area is 153 Å². The van der Waals surface area contributed by atoms with Crippen molar-refractivity contribution in [3.63, 3.8) is 0 Å². The van der Waals surface area contributed by atoms with E-state index in [0.29, 0.717) is 5.75 Å². The number of carbonyl (C=O) groups excluding carboxylic acids is 1. The molecule has 3 rings (SSSR count). The number of nitrogens with zero attached hydrogens (tertiary/aromatic N) is 3. The Morgan fingerprint density at radius 2 is 2.31 bits per heavy atom. The second-order valence-corrected chi connectivity index (χ2v) is 6.04. The lowest BCUT2D eigenvalue weighted by Gasteiger charge is -2.10. The molecule has 136 valence electrons. The van der Waals surface area contributed by atoms with Gasteiger partial charge >= 0.3 is 0 Å². The van der Waals surface area contributed by atoms with Crippen molar-refractivity contribution in [2.24, 2.45) is 7.05 Å². The lowest BCUT2D eigenvalue weighted by molar-refractivity contribution is 0.0934. The van der Waals surface area contributed by atoms with E-state index in [0.717, 1.165) is 11.6 Å². The third-order valence-corrected chi connectivity index (χ3v) is 3.90. The van der Waals surface area contributed by atoms with Crippen LogP contribution in [0.15, 0.2) is 41.3 Å². The molecule has 0 aliphatic heterocycles. The highest BCUT2D eigenvalue weighted by Crippen LogP contribution is 2.25. The van der Waals surface area contributed by atoms with Crippen molar-refractivity contribution in [3.05, 3.63) is 64.8 Å². The molecule has 2 heterocycles. The SMILES string of the molecule is C[C@H](NC(=O)c1coc(COc2ccc(F)cc2Cl)n1)c1cnn(C)c1. The number of aromatic nitrogens is 3. The first-order chi connectivity index (χ1) is 12.4. The van der Waals surface area contributed by atoms with Crippen LogP contribution in [0.3, 0.4) is 0 Å². The summed E-state index contributed by atoms with van der Waals surface area (Å²) in [4.78, 5) is 16.3. The molecule has 0 saturated heterocycles. The topological polar surface area (TPSA) is 82.2 Å². The first-order valence-electron chi connectivity index (χ1n) is 7.74. The number of rotatable bonds is 6. The lowest BCUT2D eigenvalue weighted by atomic mass is 10.2. The zero-order valence-electron chi connectivity index (χ0n) is 14.1. The predicted molar refractivity (Wildman–Crippen MR) is 91.3 cm³/mol. The standard InChI is InChI=1S/C17H16ClFN4O3/c1-10(11-6-20-23(2)7-11)21-17(24)14-8-26-16(22-14)9-25-15-4-3-12(19)5-13(15)18/h3-8,10H,9H2,1-2H3,(H,21,24)/t10-/m0/s1. The van der Waals surface area contributed by atoms with Crippen molar-refractivity contribution >= 4 is 17.5 Å². The molecule has 0 saturated carbocycles. The predicted octanol–water partition coefficient (Wildman–Crippen LogP) is 3.27. The van der Waals surface area contributed by atoms with Gasteiger partial charge in [-0.05, 0) is 25.1 Å². The Kier molecular flexibility index (Phi) is 5.22. The van der Waals surface area contributed by atoms with Gasteiger partial charge in [-0.25, -0.2) is 9.37 Å². The minimum absolute atomic E-state index is 0.0448. The summed E-state index contributed by atoms with van der Waals surface area (Å²) in [5.41, 5.74) is 1.00. The van der Waals surface area contributed by atoms with Gasteiger partial charge in [0.25, 0.3) is 5.91 Å². The normalized spacial score (nSPS) is 12.0. The lowest BCUT2D eigenvalue weighted by Crippen LogP contribution is -2.26. The largest absolute Gasteiger partial charge is 0.482 e. The number of amides is 1. The number of hydrogen-bond donors (Lipinski definition) is 1. The van der Waals surface area contributed by atoms with Gasteiger partial charge in [0, 0.05) is 18.8 Å². The third kappa shape index (κ3) is 4.20. The Morgan fingerprint density at radius 3 is 3.00 bits per heavy atom. The van der Waals surface area contributed by atoms with E-state index in [1.165, 1.54) is 18.4 Å². The molecule has 26 heavy (non-hydrogen) atoms. The molecule has 0 aliphatic rings. The minimum atomic E-state index is -0.458. The fourth-order valence-corrected chi connectivity index (χ4v) is 2.45. The zero-order chi connectivity index (χ0) is 18.7. The number of hydrogen-bond acceptors (Lipinski definition) is 5. The van der Waals surface area contributed by atoms with E-state index >= 15 is 0 Å². The van der Waals surface area contributed by atoms with E-state index in [1.54, 1.807) is 17.9 Å². The molecule has 2 aromatic heterocycles. The summed E-state index contributed by atoms with van der Waals surface area (Å²) in [7, 11) is 1.80. The average Bonchev–Trinajstić information content (AvgIpc) is 3.23. The number of ether oxygens (including phenoxy) is 1. The number of aryl methyl sites for hydroxylation is 1. The molecule has 0 spiro atoms. The second-order valence-electron chi connectivity index (χ2n) is 5.63. The van der Waals surface area contributed by atoms with Crippen LogP contribution < -0.4 is 10.1 Å². The number of carbonyl (C=O) groups is 1. The molecule has 0 radical (unpaired) electrons. The fraction of sp³-hybridized carbons (Fsp3) is 0.235. The van der Waals surface area contributed by atoms with Crippen LogP contribution in [-0.2, 0) is 13.7 Å². The van der Waals surface area contributed by atoms with E-state index < -0.39 is 5.82 Å². The summed E-state index contributed by atoms with van der Waals surface area (Å²) < 4.78 is 25.3. The van der Waals surface area contributed by atoms with Gasteiger partial charge in [0.15, 0.2) is 12.3 Å². The molecule has 7 nitrogen and oxygen atoms in total. The zero-order valence-corrected chi connectivity index (χ0v) is 14.8. The molecule has 1 amide bonds. The minimum Gasteiger partial charge on any atom is -0.482 e. The van der Waals surface area contributed by atoms with Crippen LogP contribution in [0.1, 0.15) is 34.9 Å². The molecule has 1 aromatic carbocycles. The second kappa shape index (κ2) is 7.57. The Balaban J connectivity index is 1.59. The van der Waals surface area contributed by atoms with Crippen molar-refractivity contribution in [2.45, 2.75) is 19.6 Å². The summed E-state index contributed by atoms with van der Waals surface area (Å²) in [5.74, 6) is -0.344. The van der Waals surface area contributed by atoms with Crippen molar-refractivity contribution in [3.8, 4) is 5.75 Å². The van der Waals surface area contributed by atoms with Gasteiger partial charge in [0.05, 0.1) is 17.3 Å². The van der Waals surface area contributed by atoms with Crippen LogP contribution in [0.2, 0.25) is 5.02 Å². The molecule has 1 N–H and O–H groups in total. The van der Waals surface area contributed by atoms with E-state index in [4.69, 9.17) is 20.8 Å². The summed E-state index contributed by atoms with van der Waals surface area (Å²) >= 11 is 5.88. The molecule has 0 fully saturated rings. The number of halogens is 2. The number of oxazole rings is 1. The van der Waals surface area contributed by atoms with Gasteiger partial charge in [0.2, 0.25) is 5.89 Å². The Hall–Kier alpha value is -2.87. The molecular formula is C17H16ClFN4O3. The van der Waals surface area contributed by atoms with Crippen LogP contribution in [0.4, 0.5) is 4.39 Å². The molecule has 3 aromatic rings. The first kappa shape index (κ1) is 17.9. The van der Waals surface area contributed by atoms with Gasteiger partial charge in [-0.2, -0.15) is 5.10 Å². The van der Waals surface area contributed by atoms with Crippen LogP contribution in [-0.4, -0.2) is 20.7 Å². The summed E-state index contributed by atoms with van der Waals surface area (Å²) in [5, 5.41) is 7.02.